The molecule has 2 N–H and O–H groups in total. The Morgan fingerprint density at radius 2 is 1.90 bits per heavy atom. The van der Waals surface area contributed by atoms with E-state index in [4.69, 9.17) is 11.6 Å². The zero-order valence-electron chi connectivity index (χ0n) is 16.3. The topological polar surface area (TPSA) is 107 Å². The maximum Gasteiger partial charge on any atom is 0.319 e. The van der Waals surface area contributed by atoms with Gasteiger partial charge < -0.3 is 15.2 Å². The molecule has 0 fully saturated rings. The molecule has 0 aliphatic heterocycles. The fourth-order valence-corrected chi connectivity index (χ4v) is 3.10. The van der Waals surface area contributed by atoms with Gasteiger partial charge >= 0.3 is 6.03 Å². The molecule has 4 aromatic rings. The highest BCUT2D eigenvalue weighted by molar-refractivity contribution is 6.30. The normalized spacial score (nSPS) is 10.9. The van der Waals surface area contributed by atoms with Crippen molar-refractivity contribution in [1.82, 2.24) is 29.4 Å². The van der Waals surface area contributed by atoms with Crippen LogP contribution in [0, 0.1) is 0 Å². The first-order valence-corrected chi connectivity index (χ1v) is 9.55. The van der Waals surface area contributed by atoms with Crippen molar-refractivity contribution in [2.45, 2.75) is 6.92 Å². The highest BCUT2D eigenvalue weighted by Crippen LogP contribution is 2.29. The van der Waals surface area contributed by atoms with Crippen LogP contribution in [0.5, 0.6) is 0 Å². The third kappa shape index (κ3) is 3.74. The molecule has 0 saturated carbocycles. The van der Waals surface area contributed by atoms with Crippen LogP contribution in [0.3, 0.4) is 0 Å². The van der Waals surface area contributed by atoms with E-state index < -0.39 is 0 Å². The summed E-state index contributed by atoms with van der Waals surface area (Å²) in [5.41, 5.74) is 3.09. The van der Waals surface area contributed by atoms with Gasteiger partial charge in [-0.05, 0) is 24.6 Å². The van der Waals surface area contributed by atoms with E-state index in [1.54, 1.807) is 36.3 Å². The number of carbonyl (C=O) groups excluding carboxylic acids is 1. The van der Waals surface area contributed by atoms with Gasteiger partial charge in [0.15, 0.2) is 0 Å². The number of aryl methyl sites for hydroxylation is 1. The van der Waals surface area contributed by atoms with Gasteiger partial charge in [-0.2, -0.15) is 0 Å². The fraction of sp³-hybridized carbons (Fsp3) is 0.150. The van der Waals surface area contributed by atoms with Crippen molar-refractivity contribution in [3.8, 4) is 17.1 Å². The van der Waals surface area contributed by atoms with Crippen LogP contribution in [-0.2, 0) is 7.05 Å². The number of urea groups is 1. The minimum Gasteiger partial charge on any atom is -0.338 e. The van der Waals surface area contributed by atoms with Gasteiger partial charge in [0.1, 0.15) is 5.52 Å². The molecular formula is C20H18ClN7O2. The zero-order chi connectivity index (χ0) is 21.3. The summed E-state index contributed by atoms with van der Waals surface area (Å²) in [7, 11) is 1.69. The third-order valence-electron chi connectivity index (χ3n) is 4.49. The molecule has 0 radical (unpaired) electrons. The Morgan fingerprint density at radius 3 is 2.60 bits per heavy atom. The predicted molar refractivity (Wildman–Crippen MR) is 115 cm³/mol. The molecule has 2 amide bonds. The van der Waals surface area contributed by atoms with Crippen LogP contribution in [0.15, 0.2) is 54.0 Å². The van der Waals surface area contributed by atoms with E-state index >= 15 is 0 Å². The molecule has 0 aliphatic carbocycles. The summed E-state index contributed by atoms with van der Waals surface area (Å²) in [5.74, 6) is 0.372. The lowest BCUT2D eigenvalue weighted by Gasteiger charge is -2.06. The molecule has 9 nitrogen and oxygen atoms in total. The zero-order valence-corrected chi connectivity index (χ0v) is 17.0. The second-order valence-electron chi connectivity index (χ2n) is 6.55. The SMILES string of the molecule is CCNC(=O)Nc1cn(-c2ncc(Cl)cn2)c2cc(-c3ccn(C)c(=O)c3)cnc12. The van der Waals surface area contributed by atoms with Gasteiger partial charge in [0.25, 0.3) is 5.56 Å². The van der Waals surface area contributed by atoms with E-state index in [0.29, 0.717) is 34.2 Å². The second-order valence-corrected chi connectivity index (χ2v) is 6.99. The molecule has 0 saturated heterocycles. The van der Waals surface area contributed by atoms with Crippen LogP contribution in [0.25, 0.3) is 28.1 Å². The Balaban J connectivity index is 1.88. The van der Waals surface area contributed by atoms with Crippen LogP contribution in [0.4, 0.5) is 10.5 Å². The minimum atomic E-state index is -0.342. The molecular weight excluding hydrogens is 406 g/mol. The van der Waals surface area contributed by atoms with Crippen LogP contribution < -0.4 is 16.2 Å². The molecule has 0 aromatic carbocycles. The summed E-state index contributed by atoms with van der Waals surface area (Å²) in [5, 5.41) is 5.90. The van der Waals surface area contributed by atoms with Gasteiger partial charge in [-0.1, -0.05) is 11.6 Å². The number of anilines is 1. The lowest BCUT2D eigenvalue weighted by Crippen LogP contribution is -2.28. The second kappa shape index (κ2) is 7.96. The monoisotopic (exact) mass is 423 g/mol. The molecule has 4 rings (SSSR count). The molecule has 10 heteroatoms. The molecule has 0 bridgehead atoms. The lowest BCUT2D eigenvalue weighted by molar-refractivity contribution is 0.252. The van der Waals surface area contributed by atoms with E-state index in [9.17, 15) is 9.59 Å². The average Bonchev–Trinajstić information content (AvgIpc) is 3.08. The van der Waals surface area contributed by atoms with Crippen LogP contribution in [0.1, 0.15) is 6.92 Å². The van der Waals surface area contributed by atoms with E-state index in [1.165, 1.54) is 17.0 Å². The quantitative estimate of drug-likeness (QED) is 0.524. The fourth-order valence-electron chi connectivity index (χ4n) is 3.00. The van der Waals surface area contributed by atoms with Crippen LogP contribution in [-0.4, -0.2) is 36.7 Å². The van der Waals surface area contributed by atoms with Crippen LogP contribution >= 0.6 is 11.6 Å². The summed E-state index contributed by atoms with van der Waals surface area (Å²) >= 11 is 5.92. The highest BCUT2D eigenvalue weighted by Gasteiger charge is 2.16. The first-order chi connectivity index (χ1) is 14.5. The molecule has 0 unspecified atom stereocenters. The van der Waals surface area contributed by atoms with Gasteiger partial charge in [0.05, 0.1) is 28.6 Å². The van der Waals surface area contributed by atoms with Gasteiger partial charge in [0.2, 0.25) is 5.95 Å². The summed E-state index contributed by atoms with van der Waals surface area (Å²) in [6.07, 6.45) is 8.04. The Labute approximate surface area is 176 Å². The molecule has 4 aromatic heterocycles. The van der Waals surface area contributed by atoms with E-state index in [0.717, 1.165) is 11.1 Å². The van der Waals surface area contributed by atoms with Crippen molar-refractivity contribution >= 4 is 34.4 Å². The number of hydrogen-bond donors (Lipinski definition) is 2. The number of hydrogen-bond acceptors (Lipinski definition) is 5. The summed E-state index contributed by atoms with van der Waals surface area (Å²) in [6.45, 7) is 2.32. The number of carbonyl (C=O) groups is 1. The number of pyridine rings is 2. The molecule has 0 spiro atoms. The van der Waals surface area contributed by atoms with Crippen molar-refractivity contribution in [1.29, 1.82) is 0 Å². The van der Waals surface area contributed by atoms with Crippen molar-refractivity contribution in [3.63, 3.8) is 0 Å². The summed E-state index contributed by atoms with van der Waals surface area (Å²) in [6, 6.07) is 4.91. The Hall–Kier alpha value is -3.72. The van der Waals surface area contributed by atoms with Gasteiger partial charge in [-0.15, -0.1) is 0 Å². The standard InChI is InChI=1S/C20H18ClN7O2/c1-3-22-20(30)26-15-11-28(19-24-9-14(21)10-25-19)16-6-13(8-23-18(15)16)12-4-5-27(2)17(29)7-12/h4-11H,3H2,1-2H3,(H2,22,26,30). The maximum atomic E-state index is 12.1. The van der Waals surface area contributed by atoms with Gasteiger partial charge in [0, 0.05) is 43.8 Å². The van der Waals surface area contributed by atoms with Gasteiger partial charge in [-0.25, -0.2) is 14.8 Å². The number of aromatic nitrogens is 5. The summed E-state index contributed by atoms with van der Waals surface area (Å²) in [4.78, 5) is 37.2. The first kappa shape index (κ1) is 19.6. The average molecular weight is 424 g/mol. The van der Waals surface area contributed by atoms with E-state index in [-0.39, 0.29) is 11.6 Å². The van der Waals surface area contributed by atoms with Crippen molar-refractivity contribution in [2.75, 3.05) is 11.9 Å². The number of amides is 2. The van der Waals surface area contributed by atoms with Crippen molar-refractivity contribution in [3.05, 3.63) is 64.6 Å². The minimum absolute atomic E-state index is 0.123. The number of nitrogens with one attached hydrogen (secondary N) is 2. The third-order valence-corrected chi connectivity index (χ3v) is 4.68. The van der Waals surface area contributed by atoms with E-state index in [1.807, 2.05) is 19.1 Å². The molecule has 0 aliphatic rings. The maximum absolute atomic E-state index is 12.1. The Morgan fingerprint density at radius 1 is 1.13 bits per heavy atom. The van der Waals surface area contributed by atoms with Crippen molar-refractivity contribution in [2.24, 2.45) is 7.05 Å². The number of nitrogens with zero attached hydrogens (tertiary/aromatic N) is 5. The smallest absolute Gasteiger partial charge is 0.319 e. The molecule has 152 valence electrons. The Bertz CT molecular complexity index is 1300. The molecule has 4 heterocycles. The molecule has 0 atom stereocenters. The predicted octanol–water partition coefficient (Wildman–Crippen LogP) is 2.98. The van der Waals surface area contributed by atoms with E-state index in [2.05, 4.69) is 25.6 Å². The Kier molecular flexibility index (Phi) is 5.20. The lowest BCUT2D eigenvalue weighted by atomic mass is 10.1. The van der Waals surface area contributed by atoms with Crippen LogP contribution in [0.2, 0.25) is 5.02 Å². The largest absolute Gasteiger partial charge is 0.338 e. The van der Waals surface area contributed by atoms with Crippen molar-refractivity contribution < 1.29 is 4.79 Å². The summed E-state index contributed by atoms with van der Waals surface area (Å²) < 4.78 is 3.21. The first-order valence-electron chi connectivity index (χ1n) is 9.17. The van der Waals surface area contributed by atoms with Gasteiger partial charge in [-0.3, -0.25) is 14.3 Å². The highest BCUT2D eigenvalue weighted by atomic mass is 35.5. The number of halogens is 1. The molecule has 30 heavy (non-hydrogen) atoms. The number of fused-ring (bicyclic) bond motifs is 1. The number of rotatable bonds is 4.